The van der Waals surface area contributed by atoms with E-state index in [4.69, 9.17) is 0 Å². The quantitative estimate of drug-likeness (QED) is 0.855. The fourth-order valence-corrected chi connectivity index (χ4v) is 3.45. The predicted octanol–water partition coefficient (Wildman–Crippen LogP) is 2.49. The molecule has 0 aliphatic heterocycles. The first-order chi connectivity index (χ1) is 7.60. The van der Waals surface area contributed by atoms with E-state index in [1.165, 1.54) is 0 Å². The van der Waals surface area contributed by atoms with Crippen LogP contribution in [0.3, 0.4) is 0 Å². The van der Waals surface area contributed by atoms with E-state index in [2.05, 4.69) is 12.2 Å². The van der Waals surface area contributed by atoms with Crippen LogP contribution in [-0.2, 0) is 10.8 Å². The average molecular weight is 239 g/mol. The van der Waals surface area contributed by atoms with Crippen molar-refractivity contribution in [2.24, 2.45) is 0 Å². The summed E-state index contributed by atoms with van der Waals surface area (Å²) >= 11 is 0. The van der Waals surface area contributed by atoms with Crippen molar-refractivity contribution in [3.63, 3.8) is 0 Å². The molecule has 0 fully saturated rings. The summed E-state index contributed by atoms with van der Waals surface area (Å²) in [5.74, 6) is 0. The SMILES string of the molecule is CCC(NC)C(C)S(=O)c1cccc(C)c1. The Bertz CT molecular complexity index is 361. The van der Waals surface area contributed by atoms with Gasteiger partial charge in [0.05, 0.1) is 16.0 Å². The first-order valence-electron chi connectivity index (χ1n) is 5.74. The minimum absolute atomic E-state index is 0.136. The third-order valence-electron chi connectivity index (χ3n) is 2.94. The van der Waals surface area contributed by atoms with Crippen LogP contribution in [0.1, 0.15) is 25.8 Å². The van der Waals surface area contributed by atoms with E-state index in [9.17, 15) is 4.21 Å². The lowest BCUT2D eigenvalue weighted by Crippen LogP contribution is -2.37. The lowest BCUT2D eigenvalue weighted by Gasteiger charge is -2.21. The van der Waals surface area contributed by atoms with Gasteiger partial charge in [0.2, 0.25) is 0 Å². The maximum absolute atomic E-state index is 12.3. The summed E-state index contributed by atoms with van der Waals surface area (Å²) in [4.78, 5) is 0.932. The molecule has 0 saturated carbocycles. The maximum atomic E-state index is 12.3. The van der Waals surface area contributed by atoms with Crippen molar-refractivity contribution in [1.29, 1.82) is 0 Å². The van der Waals surface area contributed by atoms with Gasteiger partial charge < -0.3 is 5.32 Å². The van der Waals surface area contributed by atoms with E-state index in [1.54, 1.807) is 0 Å². The molecule has 3 heteroatoms. The normalized spacial score (nSPS) is 16.8. The largest absolute Gasteiger partial charge is 0.316 e. The van der Waals surface area contributed by atoms with Gasteiger partial charge in [-0.3, -0.25) is 4.21 Å². The van der Waals surface area contributed by atoms with E-state index in [-0.39, 0.29) is 5.25 Å². The smallest absolute Gasteiger partial charge is 0.0573 e. The second-order valence-corrected chi connectivity index (χ2v) is 5.93. The van der Waals surface area contributed by atoms with Gasteiger partial charge in [-0.15, -0.1) is 0 Å². The lowest BCUT2D eigenvalue weighted by atomic mass is 10.2. The summed E-state index contributed by atoms with van der Waals surface area (Å²) in [7, 11) is 0.998. The second kappa shape index (κ2) is 6.16. The van der Waals surface area contributed by atoms with E-state index in [0.29, 0.717) is 6.04 Å². The fourth-order valence-electron chi connectivity index (χ4n) is 1.88. The molecule has 0 aromatic heterocycles. The number of rotatable bonds is 5. The Morgan fingerprint density at radius 3 is 2.62 bits per heavy atom. The summed E-state index contributed by atoms with van der Waals surface area (Å²) < 4.78 is 12.3. The Morgan fingerprint density at radius 1 is 1.44 bits per heavy atom. The van der Waals surface area contributed by atoms with Crippen LogP contribution in [0.15, 0.2) is 29.2 Å². The number of benzene rings is 1. The molecule has 90 valence electrons. The lowest BCUT2D eigenvalue weighted by molar-refractivity contribution is 0.529. The van der Waals surface area contributed by atoms with Crippen molar-refractivity contribution in [3.05, 3.63) is 29.8 Å². The highest BCUT2D eigenvalue weighted by molar-refractivity contribution is 7.85. The van der Waals surface area contributed by atoms with Gasteiger partial charge in [-0.05, 0) is 45.0 Å². The highest BCUT2D eigenvalue weighted by Gasteiger charge is 2.20. The summed E-state index contributed by atoms with van der Waals surface area (Å²) in [5, 5.41) is 3.36. The van der Waals surface area contributed by atoms with Crippen molar-refractivity contribution >= 4 is 10.8 Å². The molecule has 0 bridgehead atoms. The molecule has 1 aromatic rings. The first kappa shape index (κ1) is 13.4. The molecule has 2 nitrogen and oxygen atoms in total. The van der Waals surface area contributed by atoms with Crippen molar-refractivity contribution in [2.75, 3.05) is 7.05 Å². The molecule has 0 amide bonds. The van der Waals surface area contributed by atoms with Crippen LogP contribution in [0, 0.1) is 6.92 Å². The van der Waals surface area contributed by atoms with E-state index in [0.717, 1.165) is 16.9 Å². The van der Waals surface area contributed by atoms with Gasteiger partial charge in [-0.2, -0.15) is 0 Å². The molecule has 16 heavy (non-hydrogen) atoms. The predicted molar refractivity (Wildman–Crippen MR) is 70.2 cm³/mol. The highest BCUT2D eigenvalue weighted by atomic mass is 32.2. The van der Waals surface area contributed by atoms with Crippen molar-refractivity contribution < 1.29 is 4.21 Å². The monoisotopic (exact) mass is 239 g/mol. The minimum atomic E-state index is -0.931. The molecular formula is C13H21NOS. The molecular weight excluding hydrogens is 218 g/mol. The Kier molecular flexibility index (Phi) is 5.16. The summed E-state index contributed by atoms with van der Waals surface area (Å²) in [6.07, 6.45) is 0.995. The first-order valence-corrected chi connectivity index (χ1v) is 6.96. The van der Waals surface area contributed by atoms with Gasteiger partial charge >= 0.3 is 0 Å². The van der Waals surface area contributed by atoms with Crippen LogP contribution >= 0.6 is 0 Å². The van der Waals surface area contributed by atoms with E-state index >= 15 is 0 Å². The Labute approximate surface area is 101 Å². The topological polar surface area (TPSA) is 29.1 Å². The molecule has 0 aliphatic rings. The van der Waals surface area contributed by atoms with Crippen LogP contribution in [-0.4, -0.2) is 22.5 Å². The number of aryl methyl sites for hydroxylation is 1. The maximum Gasteiger partial charge on any atom is 0.0573 e. The van der Waals surface area contributed by atoms with E-state index in [1.807, 2.05) is 45.2 Å². The number of hydrogen-bond donors (Lipinski definition) is 1. The zero-order valence-corrected chi connectivity index (χ0v) is 11.3. The molecule has 1 rings (SSSR count). The van der Waals surface area contributed by atoms with Gasteiger partial charge in [0.1, 0.15) is 0 Å². The van der Waals surface area contributed by atoms with Gasteiger partial charge in [0.15, 0.2) is 0 Å². The molecule has 3 atom stereocenters. The van der Waals surface area contributed by atoms with Gasteiger partial charge in [0.25, 0.3) is 0 Å². The van der Waals surface area contributed by atoms with Crippen LogP contribution in [0.5, 0.6) is 0 Å². The van der Waals surface area contributed by atoms with Crippen LogP contribution in [0.2, 0.25) is 0 Å². The van der Waals surface area contributed by atoms with Crippen LogP contribution in [0.4, 0.5) is 0 Å². The molecule has 1 N–H and O–H groups in total. The standard InChI is InChI=1S/C13H21NOS/c1-5-13(14-4)11(3)16(15)12-8-6-7-10(2)9-12/h6-9,11,13-14H,5H2,1-4H3. The summed E-state index contributed by atoms with van der Waals surface area (Å²) in [6, 6.07) is 8.26. The van der Waals surface area contributed by atoms with E-state index < -0.39 is 10.8 Å². The number of hydrogen-bond acceptors (Lipinski definition) is 2. The molecule has 0 saturated heterocycles. The number of nitrogens with one attached hydrogen (secondary N) is 1. The average Bonchev–Trinajstić information content (AvgIpc) is 2.29. The van der Waals surface area contributed by atoms with Crippen LogP contribution < -0.4 is 5.32 Å². The highest BCUT2D eigenvalue weighted by Crippen LogP contribution is 2.16. The minimum Gasteiger partial charge on any atom is -0.316 e. The Morgan fingerprint density at radius 2 is 2.12 bits per heavy atom. The van der Waals surface area contributed by atoms with Crippen LogP contribution in [0.25, 0.3) is 0 Å². The third kappa shape index (κ3) is 3.16. The fraction of sp³-hybridized carbons (Fsp3) is 0.538. The molecule has 1 aromatic carbocycles. The van der Waals surface area contributed by atoms with Gasteiger partial charge in [-0.25, -0.2) is 0 Å². The molecule has 0 radical (unpaired) electrons. The second-order valence-electron chi connectivity index (χ2n) is 4.12. The molecule has 0 heterocycles. The zero-order chi connectivity index (χ0) is 12.1. The van der Waals surface area contributed by atoms with Crippen molar-refractivity contribution in [3.8, 4) is 0 Å². The zero-order valence-electron chi connectivity index (χ0n) is 10.5. The molecule has 3 unspecified atom stereocenters. The Hall–Kier alpha value is -0.670. The summed E-state index contributed by atoms with van der Waals surface area (Å²) in [6.45, 7) is 6.19. The van der Waals surface area contributed by atoms with Crippen molar-refractivity contribution in [1.82, 2.24) is 5.32 Å². The molecule has 0 aliphatic carbocycles. The third-order valence-corrected chi connectivity index (χ3v) is 4.66. The Balaban J connectivity index is 2.85. The molecule has 0 spiro atoms. The van der Waals surface area contributed by atoms with Crippen molar-refractivity contribution in [2.45, 2.75) is 43.4 Å². The summed E-state index contributed by atoms with van der Waals surface area (Å²) in [5.41, 5.74) is 1.16. The van der Waals surface area contributed by atoms with Gasteiger partial charge in [0, 0.05) is 10.9 Å². The van der Waals surface area contributed by atoms with Gasteiger partial charge in [-0.1, -0.05) is 19.1 Å².